The molecule has 1 saturated carbocycles. The summed E-state index contributed by atoms with van der Waals surface area (Å²) in [5, 5.41) is 9.06. The summed E-state index contributed by atoms with van der Waals surface area (Å²) in [5.74, 6) is 1.69. The quantitative estimate of drug-likeness (QED) is 0.654. The summed E-state index contributed by atoms with van der Waals surface area (Å²) in [5.41, 5.74) is 2.15. The summed E-state index contributed by atoms with van der Waals surface area (Å²) in [6.45, 7) is 7.82. The maximum atomic E-state index is 4.96. The van der Waals surface area contributed by atoms with Gasteiger partial charge in [0.15, 0.2) is 5.65 Å². The third kappa shape index (κ3) is 4.37. The summed E-state index contributed by atoms with van der Waals surface area (Å²) < 4.78 is 1.96. The Balaban J connectivity index is 1.35. The van der Waals surface area contributed by atoms with Gasteiger partial charge in [0.25, 0.3) is 0 Å². The van der Waals surface area contributed by atoms with E-state index in [-0.39, 0.29) is 0 Å². The van der Waals surface area contributed by atoms with Gasteiger partial charge in [-0.25, -0.2) is 4.68 Å². The molecule has 1 aromatic carbocycles. The zero-order chi connectivity index (χ0) is 21.0. The predicted octanol–water partition coefficient (Wildman–Crippen LogP) is 3.91. The molecule has 1 saturated heterocycles. The maximum absolute atomic E-state index is 4.96. The monoisotopic (exact) mass is 419 g/mol. The number of aromatic nitrogens is 4. The number of benzene rings is 1. The predicted molar refractivity (Wildman–Crippen MR) is 125 cm³/mol. The van der Waals surface area contributed by atoms with E-state index in [1.807, 2.05) is 16.9 Å². The van der Waals surface area contributed by atoms with Crippen molar-refractivity contribution in [3.63, 3.8) is 0 Å². The van der Waals surface area contributed by atoms with E-state index in [0.717, 1.165) is 68.1 Å². The molecule has 0 atom stereocenters. The van der Waals surface area contributed by atoms with E-state index in [1.165, 1.54) is 37.7 Å². The Morgan fingerprint density at radius 3 is 2.48 bits per heavy atom. The zero-order valence-corrected chi connectivity index (χ0v) is 18.5. The summed E-state index contributed by atoms with van der Waals surface area (Å²) in [6.07, 6.45) is 8.81. The molecule has 31 heavy (non-hydrogen) atoms. The Morgan fingerprint density at radius 2 is 1.74 bits per heavy atom. The van der Waals surface area contributed by atoms with E-state index in [4.69, 9.17) is 9.97 Å². The first-order chi connectivity index (χ1) is 15.3. The van der Waals surface area contributed by atoms with Crippen LogP contribution in [0.1, 0.15) is 44.6 Å². The summed E-state index contributed by atoms with van der Waals surface area (Å²) >= 11 is 0. The lowest BCUT2D eigenvalue weighted by Gasteiger charge is -2.40. The topological polar surface area (TPSA) is 62.1 Å². The molecule has 3 heterocycles. The number of piperazine rings is 1. The summed E-state index contributed by atoms with van der Waals surface area (Å²) in [7, 11) is 0. The number of nitrogens with one attached hydrogen (secondary N) is 1. The first-order valence-electron chi connectivity index (χ1n) is 11.8. The molecule has 7 heteroatoms. The Labute approximate surface area is 184 Å². The Hall–Kier alpha value is -2.67. The smallest absolute Gasteiger partial charge is 0.229 e. The number of rotatable bonds is 6. The number of hydrogen-bond acceptors (Lipinski definition) is 6. The SMILES string of the molecule is CCn1ncc2c(NCc3ccccc3)nc(N3CCN(C4CCCCC4)CC3)nc21. The largest absolute Gasteiger partial charge is 0.365 e. The van der Waals surface area contributed by atoms with Gasteiger partial charge in [0.2, 0.25) is 5.95 Å². The van der Waals surface area contributed by atoms with Gasteiger partial charge in [-0.3, -0.25) is 4.90 Å². The van der Waals surface area contributed by atoms with Gasteiger partial charge in [0.1, 0.15) is 5.82 Å². The van der Waals surface area contributed by atoms with Crippen LogP contribution in [0, 0.1) is 0 Å². The van der Waals surface area contributed by atoms with Crippen molar-refractivity contribution in [1.82, 2.24) is 24.6 Å². The van der Waals surface area contributed by atoms with Crippen molar-refractivity contribution < 1.29 is 0 Å². The highest BCUT2D eigenvalue weighted by atomic mass is 15.4. The highest BCUT2D eigenvalue weighted by molar-refractivity contribution is 5.87. The van der Waals surface area contributed by atoms with Gasteiger partial charge in [0, 0.05) is 45.3 Å². The summed E-state index contributed by atoms with van der Waals surface area (Å²) in [4.78, 5) is 14.9. The molecule has 1 aliphatic carbocycles. The van der Waals surface area contributed by atoms with Crippen molar-refractivity contribution in [2.45, 2.75) is 58.2 Å². The van der Waals surface area contributed by atoms with Crippen molar-refractivity contribution in [3.05, 3.63) is 42.1 Å². The highest BCUT2D eigenvalue weighted by Crippen LogP contribution is 2.27. The lowest BCUT2D eigenvalue weighted by atomic mass is 9.94. The van der Waals surface area contributed by atoms with Crippen LogP contribution in [0.4, 0.5) is 11.8 Å². The van der Waals surface area contributed by atoms with Gasteiger partial charge in [-0.15, -0.1) is 0 Å². The third-order valence-electron chi connectivity index (χ3n) is 6.77. The van der Waals surface area contributed by atoms with Gasteiger partial charge >= 0.3 is 0 Å². The second-order valence-electron chi connectivity index (χ2n) is 8.72. The van der Waals surface area contributed by atoms with Gasteiger partial charge in [-0.1, -0.05) is 49.6 Å². The van der Waals surface area contributed by atoms with Gasteiger partial charge < -0.3 is 10.2 Å². The maximum Gasteiger partial charge on any atom is 0.229 e. The number of aryl methyl sites for hydroxylation is 1. The molecule has 1 aliphatic heterocycles. The molecular weight excluding hydrogens is 386 g/mol. The first kappa shape index (κ1) is 20.2. The fourth-order valence-corrected chi connectivity index (χ4v) is 4.97. The standard InChI is InChI=1S/C24H33N7/c1-2-31-23-21(18-26-31)22(25-17-19-9-5-3-6-10-19)27-24(28-23)30-15-13-29(14-16-30)20-11-7-4-8-12-20/h3,5-6,9-10,18,20H,2,4,7-8,11-17H2,1H3,(H,25,27,28). The van der Waals surface area contributed by atoms with Crippen LogP contribution in [0.5, 0.6) is 0 Å². The van der Waals surface area contributed by atoms with E-state index < -0.39 is 0 Å². The van der Waals surface area contributed by atoms with Crippen LogP contribution >= 0.6 is 0 Å². The highest BCUT2D eigenvalue weighted by Gasteiger charge is 2.27. The van der Waals surface area contributed by atoms with E-state index in [9.17, 15) is 0 Å². The lowest BCUT2D eigenvalue weighted by Crippen LogP contribution is -2.51. The van der Waals surface area contributed by atoms with Crippen molar-refractivity contribution in [2.24, 2.45) is 0 Å². The molecule has 164 valence electrons. The molecule has 0 bridgehead atoms. The van der Waals surface area contributed by atoms with Crippen LogP contribution in [-0.4, -0.2) is 56.9 Å². The van der Waals surface area contributed by atoms with Crippen LogP contribution in [0.3, 0.4) is 0 Å². The lowest BCUT2D eigenvalue weighted by molar-refractivity contribution is 0.147. The second-order valence-corrected chi connectivity index (χ2v) is 8.72. The molecule has 2 fully saturated rings. The van der Waals surface area contributed by atoms with Crippen molar-refractivity contribution >= 4 is 22.8 Å². The van der Waals surface area contributed by atoms with Crippen LogP contribution in [0.2, 0.25) is 0 Å². The molecule has 0 amide bonds. The average Bonchev–Trinajstić information content (AvgIpc) is 3.27. The van der Waals surface area contributed by atoms with Crippen molar-refractivity contribution in [2.75, 3.05) is 36.4 Å². The first-order valence-corrected chi connectivity index (χ1v) is 11.8. The van der Waals surface area contributed by atoms with Crippen LogP contribution in [0.25, 0.3) is 11.0 Å². The van der Waals surface area contributed by atoms with Crippen LogP contribution < -0.4 is 10.2 Å². The van der Waals surface area contributed by atoms with Crippen molar-refractivity contribution in [1.29, 1.82) is 0 Å². The van der Waals surface area contributed by atoms with Crippen LogP contribution in [0.15, 0.2) is 36.5 Å². The minimum atomic E-state index is 0.735. The number of anilines is 2. The molecular formula is C24H33N7. The molecule has 3 aromatic rings. The average molecular weight is 420 g/mol. The number of hydrogen-bond donors (Lipinski definition) is 1. The fourth-order valence-electron chi connectivity index (χ4n) is 4.97. The van der Waals surface area contributed by atoms with Gasteiger partial charge in [0.05, 0.1) is 11.6 Å². The zero-order valence-electron chi connectivity index (χ0n) is 18.5. The molecule has 2 aromatic heterocycles. The van der Waals surface area contributed by atoms with Crippen LogP contribution in [-0.2, 0) is 13.1 Å². The second kappa shape index (κ2) is 9.22. The minimum absolute atomic E-state index is 0.735. The minimum Gasteiger partial charge on any atom is -0.365 e. The molecule has 7 nitrogen and oxygen atoms in total. The molecule has 2 aliphatic rings. The Bertz CT molecular complexity index is 986. The Kier molecular flexibility index (Phi) is 6.02. The molecule has 1 N–H and O–H groups in total. The van der Waals surface area contributed by atoms with Gasteiger partial charge in [-0.2, -0.15) is 15.1 Å². The van der Waals surface area contributed by atoms with E-state index in [2.05, 4.69) is 51.4 Å². The molecule has 0 unspecified atom stereocenters. The molecule has 5 rings (SSSR count). The van der Waals surface area contributed by atoms with E-state index in [1.54, 1.807) is 0 Å². The van der Waals surface area contributed by atoms with Crippen molar-refractivity contribution in [3.8, 4) is 0 Å². The van der Waals surface area contributed by atoms with E-state index >= 15 is 0 Å². The van der Waals surface area contributed by atoms with Gasteiger partial charge in [-0.05, 0) is 25.3 Å². The molecule has 0 radical (unpaired) electrons. The van der Waals surface area contributed by atoms with E-state index in [0.29, 0.717) is 0 Å². The summed E-state index contributed by atoms with van der Waals surface area (Å²) in [6, 6.07) is 11.2. The Morgan fingerprint density at radius 1 is 0.968 bits per heavy atom. The molecule has 0 spiro atoms. The fraction of sp³-hybridized carbons (Fsp3) is 0.542. The number of fused-ring (bicyclic) bond motifs is 1. The number of nitrogens with zero attached hydrogens (tertiary/aromatic N) is 6. The normalized spacial score (nSPS) is 18.5. The third-order valence-corrected chi connectivity index (χ3v) is 6.77.